The second-order valence-electron chi connectivity index (χ2n) is 4.01. The molecule has 1 unspecified atom stereocenters. The minimum absolute atomic E-state index is 0.00340. The van der Waals surface area contributed by atoms with Gasteiger partial charge in [0.25, 0.3) is 0 Å². The van der Waals surface area contributed by atoms with E-state index in [0.29, 0.717) is 13.0 Å². The first-order valence-electron chi connectivity index (χ1n) is 4.42. The van der Waals surface area contributed by atoms with Gasteiger partial charge in [-0.1, -0.05) is 20.8 Å². The second-order valence-corrected chi connectivity index (χ2v) is 4.01. The topological polar surface area (TPSA) is 49.3 Å². The van der Waals surface area contributed by atoms with Crippen LogP contribution >= 0.6 is 0 Å². The number of carbonyl (C=O) groups is 1. The summed E-state index contributed by atoms with van der Waals surface area (Å²) in [4.78, 5) is 11.3. The summed E-state index contributed by atoms with van der Waals surface area (Å²) in [7, 11) is 0. The fourth-order valence-electron chi connectivity index (χ4n) is 0.781. The van der Waals surface area contributed by atoms with E-state index in [1.807, 2.05) is 0 Å². The highest BCUT2D eigenvalue weighted by Crippen LogP contribution is 2.17. The zero-order chi connectivity index (χ0) is 10.5. The Bertz CT molecular complexity index is 165. The van der Waals surface area contributed by atoms with Crippen LogP contribution in [0.15, 0.2) is 0 Å². The van der Waals surface area contributed by atoms with E-state index in [-0.39, 0.29) is 6.61 Å². The number of aliphatic hydroxyl groups is 1. The predicted molar refractivity (Wildman–Crippen MR) is 49.1 cm³/mol. The Morgan fingerprint density at radius 3 is 2.46 bits per heavy atom. The third-order valence-corrected chi connectivity index (χ3v) is 1.63. The largest absolute Gasteiger partial charge is 0.396 e. The van der Waals surface area contributed by atoms with Gasteiger partial charge < -0.3 is 5.11 Å². The third-order valence-electron chi connectivity index (χ3n) is 1.63. The molecule has 0 fully saturated rings. The Labute approximate surface area is 78.3 Å². The lowest BCUT2D eigenvalue weighted by molar-refractivity contribution is -0.132. The molecule has 13 heavy (non-hydrogen) atoms. The maximum atomic E-state index is 13.1. The summed E-state index contributed by atoms with van der Waals surface area (Å²) in [5.41, 5.74) is -0.661. The molecule has 0 aromatic heterocycles. The molecular weight excluding hydrogens is 173 g/mol. The van der Waals surface area contributed by atoms with Crippen molar-refractivity contribution in [3.05, 3.63) is 0 Å². The van der Waals surface area contributed by atoms with Gasteiger partial charge in [0.2, 0.25) is 6.30 Å². The summed E-state index contributed by atoms with van der Waals surface area (Å²) in [5.74, 6) is -0.453. The van der Waals surface area contributed by atoms with Gasteiger partial charge in [-0.25, -0.2) is 4.39 Å². The van der Waals surface area contributed by atoms with Gasteiger partial charge in [0.05, 0.1) is 0 Å². The van der Waals surface area contributed by atoms with Crippen molar-refractivity contribution >= 4 is 5.78 Å². The van der Waals surface area contributed by atoms with Gasteiger partial charge >= 0.3 is 0 Å². The number of carbonyl (C=O) groups excluding carboxylic acids is 1. The minimum atomic E-state index is -1.62. The Morgan fingerprint density at radius 2 is 2.08 bits per heavy atom. The van der Waals surface area contributed by atoms with E-state index in [0.717, 1.165) is 0 Å². The Balaban J connectivity index is 3.84. The summed E-state index contributed by atoms with van der Waals surface area (Å²) < 4.78 is 13.1. The van der Waals surface area contributed by atoms with Gasteiger partial charge in [-0.05, 0) is 6.42 Å². The molecule has 0 aliphatic carbocycles. The van der Waals surface area contributed by atoms with Crippen LogP contribution in [0.4, 0.5) is 4.39 Å². The smallest absolute Gasteiger partial charge is 0.210 e. The summed E-state index contributed by atoms with van der Waals surface area (Å²) >= 11 is 0. The van der Waals surface area contributed by atoms with Crippen molar-refractivity contribution in [3.63, 3.8) is 0 Å². The van der Waals surface area contributed by atoms with Crippen LogP contribution in [0.3, 0.4) is 0 Å². The second kappa shape index (κ2) is 5.29. The zero-order valence-corrected chi connectivity index (χ0v) is 8.43. The van der Waals surface area contributed by atoms with Gasteiger partial charge in [0.15, 0.2) is 5.78 Å². The van der Waals surface area contributed by atoms with E-state index < -0.39 is 17.5 Å². The molecule has 1 atom stereocenters. The number of nitrogens with one attached hydrogen (secondary N) is 1. The Hall–Kier alpha value is -0.480. The first-order valence-corrected chi connectivity index (χ1v) is 4.42. The molecule has 0 spiro atoms. The number of ketones is 1. The van der Waals surface area contributed by atoms with Crippen molar-refractivity contribution in [2.75, 3.05) is 13.2 Å². The normalized spacial score (nSPS) is 14.2. The Kier molecular flexibility index (Phi) is 5.10. The molecule has 0 saturated carbocycles. The first kappa shape index (κ1) is 12.5. The van der Waals surface area contributed by atoms with Crippen molar-refractivity contribution in [2.24, 2.45) is 5.41 Å². The first-order chi connectivity index (χ1) is 5.89. The van der Waals surface area contributed by atoms with Crippen molar-refractivity contribution in [3.8, 4) is 0 Å². The van der Waals surface area contributed by atoms with Crippen LogP contribution in [-0.2, 0) is 4.79 Å². The number of hydrogen-bond acceptors (Lipinski definition) is 3. The number of aliphatic hydroxyl groups excluding tert-OH is 1. The lowest BCUT2D eigenvalue weighted by Gasteiger charge is -2.19. The van der Waals surface area contributed by atoms with E-state index >= 15 is 0 Å². The average molecular weight is 191 g/mol. The quantitative estimate of drug-likeness (QED) is 0.501. The summed E-state index contributed by atoms with van der Waals surface area (Å²) in [6, 6.07) is 0. The van der Waals surface area contributed by atoms with E-state index in [4.69, 9.17) is 5.11 Å². The highest BCUT2D eigenvalue weighted by Gasteiger charge is 2.28. The molecule has 2 N–H and O–H groups in total. The molecule has 0 bridgehead atoms. The van der Waals surface area contributed by atoms with Crippen LogP contribution in [0.5, 0.6) is 0 Å². The van der Waals surface area contributed by atoms with Crippen molar-refractivity contribution in [1.82, 2.24) is 5.32 Å². The molecule has 0 aromatic rings. The lowest BCUT2D eigenvalue weighted by atomic mass is 9.90. The molecule has 0 aromatic carbocycles. The van der Waals surface area contributed by atoms with Crippen molar-refractivity contribution in [2.45, 2.75) is 33.5 Å². The molecule has 0 amide bonds. The van der Waals surface area contributed by atoms with Gasteiger partial charge in [0.1, 0.15) is 0 Å². The lowest BCUT2D eigenvalue weighted by Crippen LogP contribution is -2.40. The summed E-state index contributed by atoms with van der Waals surface area (Å²) in [6.45, 7) is 5.35. The number of alkyl halides is 1. The number of rotatable bonds is 5. The standard InChI is InChI=1S/C9H18FNO2/c1-9(2,3)7(13)8(10)11-5-4-6-12/h8,11-12H,4-6H2,1-3H3. The minimum Gasteiger partial charge on any atom is -0.396 e. The summed E-state index contributed by atoms with van der Waals surface area (Å²) in [6.07, 6.45) is -1.16. The maximum Gasteiger partial charge on any atom is 0.210 e. The van der Waals surface area contributed by atoms with E-state index in [1.165, 1.54) is 0 Å². The highest BCUT2D eigenvalue weighted by atomic mass is 19.1. The van der Waals surface area contributed by atoms with Crippen LogP contribution in [0.2, 0.25) is 0 Å². The van der Waals surface area contributed by atoms with Gasteiger partial charge in [-0.3, -0.25) is 10.1 Å². The molecule has 0 rings (SSSR count). The van der Waals surface area contributed by atoms with E-state index in [1.54, 1.807) is 20.8 Å². The molecule has 0 heterocycles. The fourth-order valence-corrected chi connectivity index (χ4v) is 0.781. The van der Waals surface area contributed by atoms with Crippen LogP contribution in [-0.4, -0.2) is 30.3 Å². The molecule has 78 valence electrons. The van der Waals surface area contributed by atoms with Crippen molar-refractivity contribution in [1.29, 1.82) is 0 Å². The van der Waals surface area contributed by atoms with Crippen LogP contribution in [0.25, 0.3) is 0 Å². The molecule has 4 heteroatoms. The van der Waals surface area contributed by atoms with Gasteiger partial charge in [-0.15, -0.1) is 0 Å². The third kappa shape index (κ3) is 4.95. The highest BCUT2D eigenvalue weighted by molar-refractivity contribution is 5.87. The van der Waals surface area contributed by atoms with Crippen LogP contribution in [0, 0.1) is 5.41 Å². The SMILES string of the molecule is CC(C)(C)C(=O)C(F)NCCCO. The van der Waals surface area contributed by atoms with Crippen LogP contribution < -0.4 is 5.32 Å². The Morgan fingerprint density at radius 1 is 1.54 bits per heavy atom. The predicted octanol–water partition coefficient (Wildman–Crippen LogP) is 0.869. The van der Waals surface area contributed by atoms with Gasteiger partial charge in [0, 0.05) is 18.6 Å². The fraction of sp³-hybridized carbons (Fsp3) is 0.889. The monoisotopic (exact) mass is 191 g/mol. The van der Waals surface area contributed by atoms with Crippen LogP contribution in [0.1, 0.15) is 27.2 Å². The molecule has 0 aliphatic rings. The summed E-state index contributed by atoms with van der Waals surface area (Å²) in [5, 5.41) is 10.8. The van der Waals surface area contributed by atoms with E-state index in [2.05, 4.69) is 5.32 Å². The number of hydrogen-bond donors (Lipinski definition) is 2. The number of Topliss-reactive ketones (excluding diaryl/α,β-unsaturated/α-hetero) is 1. The molecule has 0 saturated heterocycles. The molecule has 0 radical (unpaired) electrons. The van der Waals surface area contributed by atoms with Crippen molar-refractivity contribution < 1.29 is 14.3 Å². The molecule has 0 aliphatic heterocycles. The number of halogens is 1. The zero-order valence-electron chi connectivity index (χ0n) is 8.43. The average Bonchev–Trinajstić information content (AvgIpc) is 2.01. The molecule has 3 nitrogen and oxygen atoms in total. The maximum absolute atomic E-state index is 13.1. The van der Waals surface area contributed by atoms with Gasteiger partial charge in [-0.2, -0.15) is 0 Å². The van der Waals surface area contributed by atoms with E-state index in [9.17, 15) is 9.18 Å². The molecular formula is C9H18FNO2.